The molecular formula is C14H14ClNOS. The molecule has 1 aromatic heterocycles. The third-order valence-corrected chi connectivity index (χ3v) is 4.03. The van der Waals surface area contributed by atoms with E-state index in [-0.39, 0.29) is 11.9 Å². The zero-order chi connectivity index (χ0) is 13.1. The molecule has 1 heterocycles. The summed E-state index contributed by atoms with van der Waals surface area (Å²) in [6, 6.07) is 11.5. The number of rotatable bonds is 3. The monoisotopic (exact) mass is 279 g/mol. The number of amides is 1. The summed E-state index contributed by atoms with van der Waals surface area (Å²) in [6.45, 7) is 4.02. The normalized spacial score (nSPS) is 12.2. The summed E-state index contributed by atoms with van der Waals surface area (Å²) in [7, 11) is 0. The second-order valence-corrected chi connectivity index (χ2v) is 5.87. The topological polar surface area (TPSA) is 29.1 Å². The number of halogens is 1. The van der Waals surface area contributed by atoms with Crippen molar-refractivity contribution in [2.24, 2.45) is 0 Å². The van der Waals surface area contributed by atoms with E-state index in [1.165, 1.54) is 16.9 Å². The van der Waals surface area contributed by atoms with Crippen LogP contribution in [0.4, 0.5) is 0 Å². The fourth-order valence-corrected chi connectivity index (χ4v) is 2.80. The van der Waals surface area contributed by atoms with E-state index in [4.69, 9.17) is 11.6 Å². The molecule has 1 unspecified atom stereocenters. The van der Waals surface area contributed by atoms with Gasteiger partial charge in [0.1, 0.15) is 0 Å². The second kappa shape index (κ2) is 5.55. The van der Waals surface area contributed by atoms with E-state index in [1.54, 1.807) is 12.1 Å². The molecular weight excluding hydrogens is 266 g/mol. The van der Waals surface area contributed by atoms with E-state index in [2.05, 4.69) is 5.32 Å². The molecule has 0 spiro atoms. The number of nitrogens with one attached hydrogen (secondary N) is 1. The van der Waals surface area contributed by atoms with Crippen LogP contribution >= 0.6 is 22.9 Å². The molecule has 2 aromatic rings. The maximum atomic E-state index is 12.0. The van der Waals surface area contributed by atoms with Crippen molar-refractivity contribution in [2.75, 3.05) is 0 Å². The van der Waals surface area contributed by atoms with Gasteiger partial charge in [-0.25, -0.2) is 0 Å². The first-order chi connectivity index (χ1) is 8.58. The Morgan fingerprint density at radius 2 is 2.00 bits per heavy atom. The van der Waals surface area contributed by atoms with Gasteiger partial charge in [0.15, 0.2) is 0 Å². The Balaban J connectivity index is 2.10. The number of hydrogen-bond donors (Lipinski definition) is 1. The molecule has 4 heteroatoms. The van der Waals surface area contributed by atoms with Crippen LogP contribution in [-0.4, -0.2) is 5.91 Å². The summed E-state index contributed by atoms with van der Waals surface area (Å²) in [5.74, 6) is -0.0809. The van der Waals surface area contributed by atoms with Crippen molar-refractivity contribution in [3.05, 3.63) is 56.7 Å². The smallest absolute Gasteiger partial charge is 0.261 e. The number of thiophene rings is 1. The molecule has 1 N–H and O–H groups in total. The molecule has 18 heavy (non-hydrogen) atoms. The Bertz CT molecular complexity index is 564. The first-order valence-corrected chi connectivity index (χ1v) is 6.89. The fourth-order valence-electron chi connectivity index (χ4n) is 1.85. The lowest BCUT2D eigenvalue weighted by atomic mass is 10.0. The Morgan fingerprint density at radius 1 is 1.28 bits per heavy atom. The van der Waals surface area contributed by atoms with Crippen molar-refractivity contribution in [3.8, 4) is 0 Å². The molecule has 2 nitrogen and oxygen atoms in total. The van der Waals surface area contributed by atoms with E-state index in [1.807, 2.05) is 38.1 Å². The van der Waals surface area contributed by atoms with Gasteiger partial charge in [-0.05, 0) is 37.1 Å². The van der Waals surface area contributed by atoms with E-state index in [0.717, 1.165) is 5.56 Å². The van der Waals surface area contributed by atoms with Gasteiger partial charge in [-0.1, -0.05) is 35.9 Å². The van der Waals surface area contributed by atoms with Crippen molar-refractivity contribution in [3.63, 3.8) is 0 Å². The predicted molar refractivity (Wildman–Crippen MR) is 76.4 cm³/mol. The van der Waals surface area contributed by atoms with Crippen LogP contribution in [0.3, 0.4) is 0 Å². The van der Waals surface area contributed by atoms with Crippen LogP contribution in [0, 0.1) is 6.92 Å². The summed E-state index contributed by atoms with van der Waals surface area (Å²) in [5, 5.41) is 2.98. The molecule has 0 radical (unpaired) electrons. The van der Waals surface area contributed by atoms with Gasteiger partial charge in [0, 0.05) is 0 Å². The number of aryl methyl sites for hydroxylation is 1. The molecule has 0 saturated carbocycles. The van der Waals surface area contributed by atoms with Gasteiger partial charge in [-0.2, -0.15) is 0 Å². The van der Waals surface area contributed by atoms with E-state index >= 15 is 0 Å². The molecule has 0 saturated heterocycles. The second-order valence-electron chi connectivity index (χ2n) is 4.16. The van der Waals surface area contributed by atoms with E-state index in [9.17, 15) is 4.79 Å². The van der Waals surface area contributed by atoms with Gasteiger partial charge in [0.25, 0.3) is 5.91 Å². The van der Waals surface area contributed by atoms with Gasteiger partial charge >= 0.3 is 0 Å². The SMILES string of the molecule is Cc1ccccc1C(C)NC(=O)c1ccc(Cl)s1. The summed E-state index contributed by atoms with van der Waals surface area (Å²) in [4.78, 5) is 12.6. The number of benzene rings is 1. The standard InChI is InChI=1S/C14H14ClNOS/c1-9-5-3-4-6-11(9)10(2)16-14(17)12-7-8-13(15)18-12/h3-8,10H,1-2H3,(H,16,17). The van der Waals surface area contributed by atoms with Crippen LogP contribution in [0.15, 0.2) is 36.4 Å². The largest absolute Gasteiger partial charge is 0.345 e. The molecule has 0 aliphatic rings. The van der Waals surface area contributed by atoms with Crippen LogP contribution in [0.25, 0.3) is 0 Å². The maximum absolute atomic E-state index is 12.0. The molecule has 1 amide bonds. The quantitative estimate of drug-likeness (QED) is 0.896. The third-order valence-electron chi connectivity index (χ3n) is 2.80. The van der Waals surface area contributed by atoms with Crippen molar-refractivity contribution < 1.29 is 4.79 Å². The van der Waals surface area contributed by atoms with E-state index in [0.29, 0.717) is 9.21 Å². The Labute approximate surface area is 116 Å². The Morgan fingerprint density at radius 3 is 2.61 bits per heavy atom. The van der Waals surface area contributed by atoms with Crippen LogP contribution in [0.1, 0.15) is 33.8 Å². The Kier molecular flexibility index (Phi) is 4.04. The summed E-state index contributed by atoms with van der Waals surface area (Å²) >= 11 is 7.11. The molecule has 1 aromatic carbocycles. The van der Waals surface area contributed by atoms with Gasteiger partial charge in [0.2, 0.25) is 0 Å². The van der Waals surface area contributed by atoms with Crippen LogP contribution in [-0.2, 0) is 0 Å². The van der Waals surface area contributed by atoms with Crippen LogP contribution < -0.4 is 5.32 Å². The predicted octanol–water partition coefficient (Wildman–Crippen LogP) is 4.20. The summed E-state index contributed by atoms with van der Waals surface area (Å²) in [5.41, 5.74) is 2.31. The minimum atomic E-state index is -0.0809. The maximum Gasteiger partial charge on any atom is 0.261 e. The fraction of sp³-hybridized carbons (Fsp3) is 0.214. The summed E-state index contributed by atoms with van der Waals surface area (Å²) < 4.78 is 0.628. The van der Waals surface area contributed by atoms with Crippen molar-refractivity contribution >= 4 is 28.8 Å². The van der Waals surface area contributed by atoms with E-state index < -0.39 is 0 Å². The zero-order valence-electron chi connectivity index (χ0n) is 10.2. The van der Waals surface area contributed by atoms with Gasteiger partial charge in [-0.15, -0.1) is 11.3 Å². The molecule has 0 fully saturated rings. The minimum absolute atomic E-state index is 0.0143. The molecule has 0 aliphatic carbocycles. The van der Waals surface area contributed by atoms with Gasteiger partial charge in [0.05, 0.1) is 15.3 Å². The average Bonchev–Trinajstić information content (AvgIpc) is 2.76. The Hall–Kier alpha value is -1.32. The first-order valence-electron chi connectivity index (χ1n) is 5.69. The summed E-state index contributed by atoms with van der Waals surface area (Å²) in [6.07, 6.45) is 0. The number of hydrogen-bond acceptors (Lipinski definition) is 2. The first kappa shape index (κ1) is 13.1. The lowest BCUT2D eigenvalue weighted by Crippen LogP contribution is -2.26. The molecule has 0 aliphatic heterocycles. The molecule has 2 rings (SSSR count). The van der Waals surface area contributed by atoms with Gasteiger partial charge in [-0.3, -0.25) is 4.79 Å². The molecule has 0 bridgehead atoms. The third kappa shape index (κ3) is 2.92. The highest BCUT2D eigenvalue weighted by Gasteiger charge is 2.14. The van der Waals surface area contributed by atoms with Gasteiger partial charge < -0.3 is 5.32 Å². The van der Waals surface area contributed by atoms with Crippen molar-refractivity contribution in [1.82, 2.24) is 5.32 Å². The average molecular weight is 280 g/mol. The van der Waals surface area contributed by atoms with Crippen LogP contribution in [0.2, 0.25) is 4.34 Å². The molecule has 94 valence electrons. The highest BCUT2D eigenvalue weighted by atomic mass is 35.5. The van der Waals surface area contributed by atoms with Crippen LogP contribution in [0.5, 0.6) is 0 Å². The highest BCUT2D eigenvalue weighted by molar-refractivity contribution is 7.17. The number of carbonyl (C=O) groups is 1. The van der Waals surface area contributed by atoms with Crippen molar-refractivity contribution in [2.45, 2.75) is 19.9 Å². The van der Waals surface area contributed by atoms with Crippen molar-refractivity contribution in [1.29, 1.82) is 0 Å². The lowest BCUT2D eigenvalue weighted by Gasteiger charge is -2.15. The lowest BCUT2D eigenvalue weighted by molar-refractivity contribution is 0.0944. The zero-order valence-corrected chi connectivity index (χ0v) is 11.8. The minimum Gasteiger partial charge on any atom is -0.345 e. The number of carbonyl (C=O) groups excluding carboxylic acids is 1. The highest BCUT2D eigenvalue weighted by Crippen LogP contribution is 2.23. The molecule has 1 atom stereocenters.